The lowest BCUT2D eigenvalue weighted by Gasteiger charge is -2.10. The number of rotatable bonds is 4. The first-order chi connectivity index (χ1) is 8.65. The van der Waals surface area contributed by atoms with Crippen molar-refractivity contribution in [2.24, 2.45) is 0 Å². The van der Waals surface area contributed by atoms with Crippen LogP contribution in [0.15, 0.2) is 35.7 Å². The molecule has 0 unspecified atom stereocenters. The fraction of sp³-hybridized carbons (Fsp3) is 0.286. The molecule has 2 rings (SSSR count). The highest BCUT2D eigenvalue weighted by molar-refractivity contribution is 7.13. The van der Waals surface area contributed by atoms with Crippen LogP contribution in [-0.4, -0.2) is 10.9 Å². The van der Waals surface area contributed by atoms with Gasteiger partial charge in [-0.25, -0.2) is 4.98 Å². The monoisotopic (exact) mass is 260 g/mol. The summed E-state index contributed by atoms with van der Waals surface area (Å²) in [5.41, 5.74) is 2.12. The highest BCUT2D eigenvalue weighted by Gasteiger charge is 2.12. The zero-order chi connectivity index (χ0) is 13.0. The number of benzene rings is 1. The van der Waals surface area contributed by atoms with Crippen molar-refractivity contribution >= 4 is 22.4 Å². The van der Waals surface area contributed by atoms with Crippen LogP contribution in [0.3, 0.4) is 0 Å². The number of aryl methyl sites for hydroxylation is 1. The van der Waals surface area contributed by atoms with Crippen LogP contribution in [0.2, 0.25) is 0 Å². The summed E-state index contributed by atoms with van der Waals surface area (Å²) < 4.78 is 0. The highest BCUT2D eigenvalue weighted by Crippen LogP contribution is 2.20. The van der Waals surface area contributed by atoms with Crippen molar-refractivity contribution < 1.29 is 4.79 Å². The Balaban J connectivity index is 1.92. The Bertz CT molecular complexity index is 522. The minimum atomic E-state index is 0.0145. The lowest BCUT2D eigenvalue weighted by Crippen LogP contribution is -2.14. The van der Waals surface area contributed by atoms with Crippen molar-refractivity contribution in [3.8, 4) is 0 Å². The molecule has 0 spiro atoms. The Labute approximate surface area is 111 Å². The Kier molecular flexibility index (Phi) is 4.10. The number of carbonyl (C=O) groups is 1. The molecule has 0 bridgehead atoms. The number of nitrogens with zero attached hydrogens (tertiary/aromatic N) is 1. The van der Waals surface area contributed by atoms with E-state index in [1.54, 1.807) is 0 Å². The summed E-state index contributed by atoms with van der Waals surface area (Å²) in [6, 6.07) is 10.1. The summed E-state index contributed by atoms with van der Waals surface area (Å²) in [7, 11) is 0. The lowest BCUT2D eigenvalue weighted by molar-refractivity contribution is -0.116. The van der Waals surface area contributed by atoms with Gasteiger partial charge in [0.25, 0.3) is 0 Å². The largest absolute Gasteiger partial charge is 0.302 e. The molecule has 0 aliphatic heterocycles. The molecule has 1 heterocycles. The summed E-state index contributed by atoms with van der Waals surface area (Å²) in [5.74, 6) is 0.230. The summed E-state index contributed by atoms with van der Waals surface area (Å²) in [6.45, 7) is 3.97. The van der Waals surface area contributed by atoms with Gasteiger partial charge in [0.2, 0.25) is 5.91 Å². The summed E-state index contributed by atoms with van der Waals surface area (Å²) in [4.78, 5) is 16.1. The van der Waals surface area contributed by atoms with Gasteiger partial charge in [0, 0.05) is 11.8 Å². The molecule has 0 radical (unpaired) electrons. The van der Waals surface area contributed by atoms with Crippen LogP contribution in [0.5, 0.6) is 0 Å². The fourth-order valence-electron chi connectivity index (χ4n) is 1.76. The van der Waals surface area contributed by atoms with Crippen LogP contribution >= 0.6 is 11.3 Å². The minimum absolute atomic E-state index is 0.0145. The van der Waals surface area contributed by atoms with E-state index in [2.05, 4.69) is 17.2 Å². The Morgan fingerprint density at radius 1 is 1.39 bits per heavy atom. The van der Waals surface area contributed by atoms with Gasteiger partial charge in [0.15, 0.2) is 5.13 Å². The first-order valence-corrected chi connectivity index (χ1v) is 6.80. The maximum absolute atomic E-state index is 11.9. The zero-order valence-electron chi connectivity index (χ0n) is 10.5. The predicted octanol–water partition coefficient (Wildman–Crippen LogP) is 3.58. The minimum Gasteiger partial charge on any atom is -0.302 e. The van der Waals surface area contributed by atoms with E-state index in [1.807, 2.05) is 42.6 Å². The molecule has 2 aromatic rings. The number of hydrogen-bond donors (Lipinski definition) is 1. The molecular weight excluding hydrogens is 244 g/mol. The molecule has 4 heteroatoms. The van der Waals surface area contributed by atoms with Gasteiger partial charge in [0.1, 0.15) is 0 Å². The number of hydrogen-bond acceptors (Lipinski definition) is 3. The number of thiazole rings is 1. The van der Waals surface area contributed by atoms with Gasteiger partial charge in [-0.15, -0.1) is 11.3 Å². The Morgan fingerprint density at radius 2 is 2.11 bits per heavy atom. The quantitative estimate of drug-likeness (QED) is 0.913. The SMILES string of the molecule is Cc1csc(NC(=O)C[C@@H](C)c2ccccc2)n1. The summed E-state index contributed by atoms with van der Waals surface area (Å²) in [6.07, 6.45) is 0.475. The third-order valence-electron chi connectivity index (χ3n) is 2.73. The van der Waals surface area contributed by atoms with E-state index in [0.717, 1.165) is 5.69 Å². The predicted molar refractivity (Wildman–Crippen MR) is 75.0 cm³/mol. The Morgan fingerprint density at radius 3 is 2.72 bits per heavy atom. The summed E-state index contributed by atoms with van der Waals surface area (Å²) >= 11 is 1.46. The van der Waals surface area contributed by atoms with Crippen LogP contribution in [0.4, 0.5) is 5.13 Å². The van der Waals surface area contributed by atoms with Gasteiger partial charge >= 0.3 is 0 Å². The van der Waals surface area contributed by atoms with Gasteiger partial charge in [-0.1, -0.05) is 37.3 Å². The van der Waals surface area contributed by atoms with E-state index in [0.29, 0.717) is 11.6 Å². The van der Waals surface area contributed by atoms with E-state index >= 15 is 0 Å². The van der Waals surface area contributed by atoms with Gasteiger partial charge in [-0.3, -0.25) is 4.79 Å². The maximum atomic E-state index is 11.9. The van der Waals surface area contributed by atoms with E-state index in [9.17, 15) is 4.79 Å². The maximum Gasteiger partial charge on any atom is 0.226 e. The molecule has 94 valence electrons. The van der Waals surface area contributed by atoms with Crippen molar-refractivity contribution in [2.45, 2.75) is 26.2 Å². The molecule has 18 heavy (non-hydrogen) atoms. The fourth-order valence-corrected chi connectivity index (χ4v) is 2.46. The standard InChI is InChI=1S/C14H16N2OS/c1-10(12-6-4-3-5-7-12)8-13(17)16-14-15-11(2)9-18-14/h3-7,9-10H,8H2,1-2H3,(H,15,16,17)/t10-/m1/s1. The van der Waals surface area contributed by atoms with E-state index in [-0.39, 0.29) is 11.8 Å². The highest BCUT2D eigenvalue weighted by atomic mass is 32.1. The average Bonchev–Trinajstić information content (AvgIpc) is 2.75. The van der Waals surface area contributed by atoms with Crippen LogP contribution in [0.1, 0.15) is 30.5 Å². The Hall–Kier alpha value is -1.68. The second kappa shape index (κ2) is 5.78. The molecule has 0 fully saturated rings. The van der Waals surface area contributed by atoms with Crippen LogP contribution < -0.4 is 5.32 Å². The van der Waals surface area contributed by atoms with Crippen LogP contribution in [0.25, 0.3) is 0 Å². The molecular formula is C14H16N2OS. The van der Waals surface area contributed by atoms with Gasteiger partial charge in [0.05, 0.1) is 5.69 Å². The first kappa shape index (κ1) is 12.8. The van der Waals surface area contributed by atoms with Crippen LogP contribution in [-0.2, 0) is 4.79 Å². The van der Waals surface area contributed by atoms with E-state index < -0.39 is 0 Å². The molecule has 1 amide bonds. The topological polar surface area (TPSA) is 42.0 Å². The average molecular weight is 260 g/mol. The molecule has 0 saturated heterocycles. The number of aromatic nitrogens is 1. The van der Waals surface area contributed by atoms with E-state index in [4.69, 9.17) is 0 Å². The number of anilines is 1. The molecule has 1 aromatic heterocycles. The zero-order valence-corrected chi connectivity index (χ0v) is 11.3. The molecule has 0 saturated carbocycles. The molecule has 3 nitrogen and oxygen atoms in total. The number of amides is 1. The number of nitrogens with one attached hydrogen (secondary N) is 1. The molecule has 1 aromatic carbocycles. The summed E-state index contributed by atoms with van der Waals surface area (Å²) in [5, 5.41) is 5.44. The van der Waals surface area contributed by atoms with Gasteiger partial charge in [-0.05, 0) is 18.4 Å². The third-order valence-corrected chi connectivity index (χ3v) is 3.60. The van der Waals surface area contributed by atoms with Crippen molar-refractivity contribution in [1.82, 2.24) is 4.98 Å². The first-order valence-electron chi connectivity index (χ1n) is 5.92. The number of carbonyl (C=O) groups excluding carboxylic acids is 1. The van der Waals surface area contributed by atoms with Crippen molar-refractivity contribution in [3.05, 3.63) is 47.0 Å². The second-order valence-electron chi connectivity index (χ2n) is 4.36. The van der Waals surface area contributed by atoms with Gasteiger partial charge < -0.3 is 5.32 Å². The molecule has 0 aliphatic carbocycles. The van der Waals surface area contributed by atoms with Gasteiger partial charge in [-0.2, -0.15) is 0 Å². The lowest BCUT2D eigenvalue weighted by atomic mass is 9.98. The molecule has 1 atom stereocenters. The smallest absolute Gasteiger partial charge is 0.226 e. The van der Waals surface area contributed by atoms with Crippen LogP contribution in [0, 0.1) is 6.92 Å². The molecule has 0 aliphatic rings. The van der Waals surface area contributed by atoms with E-state index in [1.165, 1.54) is 16.9 Å². The van der Waals surface area contributed by atoms with Crippen molar-refractivity contribution in [1.29, 1.82) is 0 Å². The normalized spacial score (nSPS) is 12.1. The molecule has 1 N–H and O–H groups in total. The van der Waals surface area contributed by atoms with Crippen molar-refractivity contribution in [2.75, 3.05) is 5.32 Å². The third kappa shape index (κ3) is 3.40. The second-order valence-corrected chi connectivity index (χ2v) is 5.22. The van der Waals surface area contributed by atoms with Crippen molar-refractivity contribution in [3.63, 3.8) is 0 Å².